The van der Waals surface area contributed by atoms with Crippen molar-refractivity contribution in [1.82, 2.24) is 5.32 Å². The van der Waals surface area contributed by atoms with Crippen molar-refractivity contribution in [3.8, 4) is 11.5 Å². The lowest BCUT2D eigenvalue weighted by Crippen LogP contribution is -2.23. The minimum Gasteiger partial charge on any atom is -0.486 e. The first kappa shape index (κ1) is 12.2. The average Bonchev–Trinajstić information content (AvgIpc) is 2.38. The molecular formula is C14H21NO2. The van der Waals surface area contributed by atoms with Crippen molar-refractivity contribution in [2.75, 3.05) is 19.8 Å². The van der Waals surface area contributed by atoms with E-state index in [2.05, 4.69) is 25.2 Å². The van der Waals surface area contributed by atoms with Crippen molar-refractivity contribution in [1.29, 1.82) is 0 Å². The molecule has 0 aromatic heterocycles. The maximum absolute atomic E-state index is 5.76. The van der Waals surface area contributed by atoms with Gasteiger partial charge in [0.1, 0.15) is 13.2 Å². The van der Waals surface area contributed by atoms with Gasteiger partial charge in [0.2, 0.25) is 0 Å². The summed E-state index contributed by atoms with van der Waals surface area (Å²) < 4.78 is 11.4. The summed E-state index contributed by atoms with van der Waals surface area (Å²) in [6, 6.07) is 6.52. The first-order valence-electron chi connectivity index (χ1n) is 6.48. The molecule has 1 unspecified atom stereocenters. The highest BCUT2D eigenvalue weighted by molar-refractivity contribution is 5.48. The van der Waals surface area contributed by atoms with Gasteiger partial charge in [-0.25, -0.2) is 0 Å². The summed E-state index contributed by atoms with van der Waals surface area (Å²) in [6.07, 6.45) is 2.27. The van der Waals surface area contributed by atoms with Gasteiger partial charge in [-0.05, 0) is 19.0 Å². The minimum absolute atomic E-state index is 0.363. The first-order chi connectivity index (χ1) is 8.36. The van der Waals surface area contributed by atoms with E-state index in [0.717, 1.165) is 30.9 Å². The molecular weight excluding hydrogens is 214 g/mol. The molecule has 1 atom stereocenters. The van der Waals surface area contributed by atoms with Gasteiger partial charge in [0.25, 0.3) is 0 Å². The standard InChI is InChI=1S/C14H21NO2/c1-3-6-12(15-4-2)11-7-5-8-13-14(11)17-10-9-16-13/h5,7-8,12,15H,3-4,6,9-10H2,1-2H3. The highest BCUT2D eigenvalue weighted by Crippen LogP contribution is 2.38. The van der Waals surface area contributed by atoms with Gasteiger partial charge in [-0.15, -0.1) is 0 Å². The molecule has 2 rings (SSSR count). The highest BCUT2D eigenvalue weighted by atomic mass is 16.6. The van der Waals surface area contributed by atoms with Gasteiger partial charge < -0.3 is 14.8 Å². The Balaban J connectivity index is 2.28. The maximum atomic E-state index is 5.76. The Hall–Kier alpha value is -1.22. The van der Waals surface area contributed by atoms with E-state index in [1.54, 1.807) is 0 Å². The molecule has 1 aliphatic rings. The van der Waals surface area contributed by atoms with Crippen LogP contribution in [-0.2, 0) is 0 Å². The van der Waals surface area contributed by atoms with Crippen molar-refractivity contribution >= 4 is 0 Å². The normalized spacial score (nSPS) is 15.6. The molecule has 1 aromatic rings. The van der Waals surface area contributed by atoms with E-state index in [0.29, 0.717) is 19.3 Å². The lowest BCUT2D eigenvalue weighted by Gasteiger charge is -2.25. The topological polar surface area (TPSA) is 30.5 Å². The van der Waals surface area contributed by atoms with Crippen LogP contribution in [-0.4, -0.2) is 19.8 Å². The van der Waals surface area contributed by atoms with Crippen LogP contribution in [0.3, 0.4) is 0 Å². The SMILES string of the molecule is CCCC(NCC)c1cccc2c1OCCO2. The molecule has 0 fully saturated rings. The van der Waals surface area contributed by atoms with Gasteiger partial charge in [0.15, 0.2) is 11.5 Å². The molecule has 17 heavy (non-hydrogen) atoms. The molecule has 0 saturated heterocycles. The molecule has 1 aromatic carbocycles. The molecule has 0 radical (unpaired) electrons. The van der Waals surface area contributed by atoms with Crippen LogP contribution in [0.4, 0.5) is 0 Å². The fourth-order valence-corrected chi connectivity index (χ4v) is 2.27. The van der Waals surface area contributed by atoms with Crippen LogP contribution >= 0.6 is 0 Å². The van der Waals surface area contributed by atoms with Crippen LogP contribution in [0.2, 0.25) is 0 Å². The van der Waals surface area contributed by atoms with Gasteiger partial charge in [-0.1, -0.05) is 32.4 Å². The number of hydrogen-bond acceptors (Lipinski definition) is 3. The Morgan fingerprint density at radius 1 is 1.24 bits per heavy atom. The third-order valence-corrected chi connectivity index (χ3v) is 3.00. The summed E-state index contributed by atoms with van der Waals surface area (Å²) in [6.45, 7) is 6.60. The summed E-state index contributed by atoms with van der Waals surface area (Å²) in [7, 11) is 0. The summed E-state index contributed by atoms with van der Waals surface area (Å²) in [5.74, 6) is 1.81. The van der Waals surface area contributed by atoms with Crippen LogP contribution in [0.15, 0.2) is 18.2 Å². The summed E-state index contributed by atoms with van der Waals surface area (Å²) in [5.41, 5.74) is 1.23. The van der Waals surface area contributed by atoms with Gasteiger partial charge in [-0.3, -0.25) is 0 Å². The van der Waals surface area contributed by atoms with E-state index in [9.17, 15) is 0 Å². The zero-order valence-corrected chi connectivity index (χ0v) is 10.7. The Morgan fingerprint density at radius 3 is 2.82 bits per heavy atom. The number of hydrogen-bond donors (Lipinski definition) is 1. The second kappa shape index (κ2) is 5.92. The van der Waals surface area contributed by atoms with E-state index in [1.165, 1.54) is 5.56 Å². The van der Waals surface area contributed by atoms with E-state index in [1.807, 2.05) is 12.1 Å². The minimum atomic E-state index is 0.363. The molecule has 0 saturated carbocycles. The van der Waals surface area contributed by atoms with E-state index in [-0.39, 0.29) is 0 Å². The Kier molecular flexibility index (Phi) is 4.26. The molecule has 1 aliphatic heterocycles. The first-order valence-corrected chi connectivity index (χ1v) is 6.48. The predicted octanol–water partition coefficient (Wildman–Crippen LogP) is 2.91. The molecule has 1 heterocycles. The third kappa shape index (κ3) is 2.72. The van der Waals surface area contributed by atoms with Crippen molar-refractivity contribution in [3.05, 3.63) is 23.8 Å². The zero-order chi connectivity index (χ0) is 12.1. The lowest BCUT2D eigenvalue weighted by molar-refractivity contribution is 0.168. The zero-order valence-electron chi connectivity index (χ0n) is 10.7. The number of ether oxygens (including phenoxy) is 2. The lowest BCUT2D eigenvalue weighted by atomic mass is 10.0. The molecule has 0 spiro atoms. The Bertz CT molecular complexity index is 359. The monoisotopic (exact) mass is 235 g/mol. The van der Waals surface area contributed by atoms with Crippen LogP contribution in [0.5, 0.6) is 11.5 Å². The molecule has 1 N–H and O–H groups in total. The quantitative estimate of drug-likeness (QED) is 0.851. The average molecular weight is 235 g/mol. The molecule has 3 nitrogen and oxygen atoms in total. The van der Waals surface area contributed by atoms with Crippen molar-refractivity contribution in [3.63, 3.8) is 0 Å². The fourth-order valence-electron chi connectivity index (χ4n) is 2.27. The maximum Gasteiger partial charge on any atom is 0.166 e. The number of para-hydroxylation sites is 1. The second-order valence-electron chi connectivity index (χ2n) is 4.27. The van der Waals surface area contributed by atoms with Crippen LogP contribution in [0, 0.1) is 0 Å². The molecule has 3 heteroatoms. The highest BCUT2D eigenvalue weighted by Gasteiger charge is 2.20. The number of rotatable bonds is 5. The molecule has 0 amide bonds. The number of nitrogens with one attached hydrogen (secondary N) is 1. The van der Waals surface area contributed by atoms with Crippen LogP contribution in [0.1, 0.15) is 38.3 Å². The fraction of sp³-hybridized carbons (Fsp3) is 0.571. The van der Waals surface area contributed by atoms with Gasteiger partial charge in [0, 0.05) is 11.6 Å². The van der Waals surface area contributed by atoms with Gasteiger partial charge in [-0.2, -0.15) is 0 Å². The van der Waals surface area contributed by atoms with E-state index in [4.69, 9.17) is 9.47 Å². The van der Waals surface area contributed by atoms with Crippen molar-refractivity contribution in [2.45, 2.75) is 32.7 Å². The van der Waals surface area contributed by atoms with Gasteiger partial charge in [0.05, 0.1) is 0 Å². The molecule has 94 valence electrons. The smallest absolute Gasteiger partial charge is 0.166 e. The number of benzene rings is 1. The molecule has 0 bridgehead atoms. The molecule has 0 aliphatic carbocycles. The Labute approximate surface area is 103 Å². The van der Waals surface area contributed by atoms with E-state index < -0.39 is 0 Å². The second-order valence-corrected chi connectivity index (χ2v) is 4.27. The van der Waals surface area contributed by atoms with Crippen LogP contribution in [0.25, 0.3) is 0 Å². The third-order valence-electron chi connectivity index (χ3n) is 3.00. The van der Waals surface area contributed by atoms with Gasteiger partial charge >= 0.3 is 0 Å². The number of fused-ring (bicyclic) bond motifs is 1. The van der Waals surface area contributed by atoms with Crippen LogP contribution < -0.4 is 14.8 Å². The van der Waals surface area contributed by atoms with Crippen molar-refractivity contribution < 1.29 is 9.47 Å². The summed E-state index contributed by atoms with van der Waals surface area (Å²) in [5, 5.41) is 3.51. The van der Waals surface area contributed by atoms with Crippen molar-refractivity contribution in [2.24, 2.45) is 0 Å². The predicted molar refractivity (Wildman–Crippen MR) is 68.8 cm³/mol. The largest absolute Gasteiger partial charge is 0.486 e. The Morgan fingerprint density at radius 2 is 2.06 bits per heavy atom. The summed E-state index contributed by atoms with van der Waals surface area (Å²) in [4.78, 5) is 0. The van der Waals surface area contributed by atoms with E-state index >= 15 is 0 Å². The summed E-state index contributed by atoms with van der Waals surface area (Å²) >= 11 is 0.